The lowest BCUT2D eigenvalue weighted by Crippen LogP contribution is -2.32. The SMILES string of the molecule is C#CCN(CC1CC1)C(=O)c1cc2cc(N)ccc2s1. The van der Waals surface area contributed by atoms with Gasteiger partial charge >= 0.3 is 0 Å². The second kappa shape index (κ2) is 5.18. The highest BCUT2D eigenvalue weighted by molar-refractivity contribution is 7.20. The molecule has 1 amide bonds. The monoisotopic (exact) mass is 284 g/mol. The maximum Gasteiger partial charge on any atom is 0.264 e. The molecule has 20 heavy (non-hydrogen) atoms. The molecule has 0 bridgehead atoms. The summed E-state index contributed by atoms with van der Waals surface area (Å²) in [4.78, 5) is 15.1. The Morgan fingerprint density at radius 1 is 1.45 bits per heavy atom. The van der Waals surface area contributed by atoms with Gasteiger partial charge in [0.05, 0.1) is 11.4 Å². The Labute approximate surface area is 122 Å². The molecule has 1 aliphatic carbocycles. The number of benzene rings is 1. The van der Waals surface area contributed by atoms with E-state index in [1.807, 2.05) is 24.3 Å². The van der Waals surface area contributed by atoms with Crippen molar-refractivity contribution in [1.82, 2.24) is 4.90 Å². The number of fused-ring (bicyclic) bond motifs is 1. The number of rotatable bonds is 4. The summed E-state index contributed by atoms with van der Waals surface area (Å²) in [5.41, 5.74) is 6.49. The molecule has 0 radical (unpaired) electrons. The maximum atomic E-state index is 12.6. The van der Waals surface area contributed by atoms with Crippen LogP contribution < -0.4 is 5.73 Å². The summed E-state index contributed by atoms with van der Waals surface area (Å²) >= 11 is 1.50. The molecule has 1 aliphatic rings. The molecule has 2 N–H and O–H groups in total. The van der Waals surface area contributed by atoms with Crippen LogP contribution in [0.3, 0.4) is 0 Å². The Kier molecular flexibility index (Phi) is 3.37. The zero-order valence-corrected chi connectivity index (χ0v) is 12.0. The molecule has 4 heteroatoms. The summed E-state index contributed by atoms with van der Waals surface area (Å²) in [6.45, 7) is 1.16. The van der Waals surface area contributed by atoms with Gasteiger partial charge in [-0.2, -0.15) is 0 Å². The fourth-order valence-electron chi connectivity index (χ4n) is 2.26. The van der Waals surface area contributed by atoms with E-state index in [0.717, 1.165) is 21.5 Å². The van der Waals surface area contributed by atoms with Crippen LogP contribution in [0.1, 0.15) is 22.5 Å². The van der Waals surface area contributed by atoms with E-state index in [1.165, 1.54) is 24.2 Å². The third-order valence-corrected chi connectivity index (χ3v) is 4.60. The Morgan fingerprint density at radius 3 is 2.95 bits per heavy atom. The quantitative estimate of drug-likeness (QED) is 0.693. The molecule has 0 spiro atoms. The van der Waals surface area contributed by atoms with Gasteiger partial charge in [0.25, 0.3) is 5.91 Å². The molecular formula is C16H16N2OS. The van der Waals surface area contributed by atoms with Crippen LogP contribution in [0.4, 0.5) is 5.69 Å². The number of carbonyl (C=O) groups excluding carboxylic acids is 1. The zero-order chi connectivity index (χ0) is 14.1. The first kappa shape index (κ1) is 13.0. The van der Waals surface area contributed by atoms with Crippen LogP contribution >= 0.6 is 11.3 Å². The molecule has 102 valence electrons. The number of terminal acetylenes is 1. The van der Waals surface area contributed by atoms with Gasteiger partial charge in [0.15, 0.2) is 0 Å². The minimum absolute atomic E-state index is 0.0367. The highest BCUT2D eigenvalue weighted by atomic mass is 32.1. The lowest BCUT2D eigenvalue weighted by Gasteiger charge is -2.18. The van der Waals surface area contributed by atoms with Crippen LogP contribution in [-0.2, 0) is 0 Å². The number of nitrogen functional groups attached to an aromatic ring is 1. The molecule has 1 saturated carbocycles. The maximum absolute atomic E-state index is 12.6. The number of nitrogens with two attached hydrogens (primary N) is 1. The molecule has 2 aromatic rings. The predicted octanol–water partition coefficient (Wildman–Crippen LogP) is 2.97. The highest BCUT2D eigenvalue weighted by Crippen LogP contribution is 2.32. The van der Waals surface area contributed by atoms with Crippen LogP contribution in [0.25, 0.3) is 10.1 Å². The van der Waals surface area contributed by atoms with E-state index in [4.69, 9.17) is 12.2 Å². The first-order chi connectivity index (χ1) is 9.67. The molecule has 1 heterocycles. The summed E-state index contributed by atoms with van der Waals surface area (Å²) in [6, 6.07) is 7.62. The second-order valence-corrected chi connectivity index (χ2v) is 6.32. The fraction of sp³-hybridized carbons (Fsp3) is 0.312. The van der Waals surface area contributed by atoms with Gasteiger partial charge in [0, 0.05) is 16.9 Å². The van der Waals surface area contributed by atoms with Crippen LogP contribution in [0.15, 0.2) is 24.3 Å². The van der Waals surface area contributed by atoms with Gasteiger partial charge in [-0.25, -0.2) is 0 Å². The summed E-state index contributed by atoms with van der Waals surface area (Å²) in [5, 5.41) is 1.02. The summed E-state index contributed by atoms with van der Waals surface area (Å²) in [5.74, 6) is 3.26. The topological polar surface area (TPSA) is 46.3 Å². The van der Waals surface area contributed by atoms with Gasteiger partial charge in [-0.3, -0.25) is 4.79 Å². The highest BCUT2D eigenvalue weighted by Gasteiger charge is 2.27. The van der Waals surface area contributed by atoms with Crippen LogP contribution in [0, 0.1) is 18.3 Å². The van der Waals surface area contributed by atoms with Crippen LogP contribution in [-0.4, -0.2) is 23.9 Å². The first-order valence-electron chi connectivity index (χ1n) is 6.69. The summed E-state index contributed by atoms with van der Waals surface area (Å²) < 4.78 is 1.08. The number of amides is 1. The van der Waals surface area contributed by atoms with Crippen molar-refractivity contribution < 1.29 is 4.79 Å². The van der Waals surface area contributed by atoms with E-state index in [-0.39, 0.29) is 5.91 Å². The Morgan fingerprint density at radius 2 is 2.25 bits per heavy atom. The van der Waals surface area contributed by atoms with Crippen molar-refractivity contribution in [2.24, 2.45) is 5.92 Å². The van der Waals surface area contributed by atoms with Crippen molar-refractivity contribution in [3.63, 3.8) is 0 Å². The average molecular weight is 284 g/mol. The smallest absolute Gasteiger partial charge is 0.264 e. The third-order valence-electron chi connectivity index (χ3n) is 3.50. The second-order valence-electron chi connectivity index (χ2n) is 5.24. The Bertz CT molecular complexity index is 694. The number of hydrogen-bond acceptors (Lipinski definition) is 3. The molecule has 0 saturated heterocycles. The van der Waals surface area contributed by atoms with Crippen LogP contribution in [0.5, 0.6) is 0 Å². The lowest BCUT2D eigenvalue weighted by molar-refractivity contribution is 0.0774. The van der Waals surface area contributed by atoms with Gasteiger partial charge in [0.1, 0.15) is 0 Å². The van der Waals surface area contributed by atoms with Gasteiger partial charge in [-0.15, -0.1) is 17.8 Å². The standard InChI is InChI=1S/C16H16N2OS/c1-2-7-18(10-11-3-4-11)16(19)15-9-12-8-13(17)5-6-14(12)20-15/h1,5-6,8-9,11H,3-4,7,10,17H2. The number of thiophene rings is 1. The average Bonchev–Trinajstić information content (AvgIpc) is 3.14. The number of nitrogens with zero attached hydrogens (tertiary/aromatic N) is 1. The number of anilines is 1. The van der Waals surface area contributed by atoms with E-state index >= 15 is 0 Å². The van der Waals surface area contributed by atoms with Gasteiger partial charge in [0.2, 0.25) is 0 Å². The Balaban J connectivity index is 1.87. The molecule has 1 fully saturated rings. The largest absolute Gasteiger partial charge is 0.399 e. The fourth-order valence-corrected chi connectivity index (χ4v) is 3.28. The molecule has 3 rings (SSSR count). The number of carbonyl (C=O) groups is 1. The first-order valence-corrected chi connectivity index (χ1v) is 7.51. The van der Waals surface area contributed by atoms with Crippen molar-refractivity contribution in [3.8, 4) is 12.3 Å². The normalized spacial score (nSPS) is 14.2. The molecule has 0 atom stereocenters. The minimum atomic E-state index is 0.0367. The van der Waals surface area contributed by atoms with Gasteiger partial charge in [-0.05, 0) is 48.4 Å². The molecule has 1 aromatic heterocycles. The van der Waals surface area contributed by atoms with Crippen molar-refractivity contribution in [3.05, 3.63) is 29.1 Å². The van der Waals surface area contributed by atoms with Crippen molar-refractivity contribution in [2.45, 2.75) is 12.8 Å². The molecule has 0 unspecified atom stereocenters. The Hall–Kier alpha value is -1.99. The molecular weight excluding hydrogens is 268 g/mol. The minimum Gasteiger partial charge on any atom is -0.399 e. The zero-order valence-electron chi connectivity index (χ0n) is 11.1. The van der Waals surface area contributed by atoms with E-state index in [0.29, 0.717) is 18.2 Å². The predicted molar refractivity (Wildman–Crippen MR) is 83.7 cm³/mol. The van der Waals surface area contributed by atoms with Crippen molar-refractivity contribution in [1.29, 1.82) is 0 Å². The van der Waals surface area contributed by atoms with Gasteiger partial charge in [-0.1, -0.05) is 5.92 Å². The van der Waals surface area contributed by atoms with Crippen molar-refractivity contribution in [2.75, 3.05) is 18.8 Å². The van der Waals surface area contributed by atoms with E-state index < -0.39 is 0 Å². The van der Waals surface area contributed by atoms with E-state index in [2.05, 4.69) is 5.92 Å². The van der Waals surface area contributed by atoms with E-state index in [9.17, 15) is 4.79 Å². The summed E-state index contributed by atoms with van der Waals surface area (Å²) in [6.07, 6.45) is 7.79. The lowest BCUT2D eigenvalue weighted by atomic mass is 10.2. The molecule has 1 aromatic carbocycles. The molecule has 3 nitrogen and oxygen atoms in total. The number of hydrogen-bond donors (Lipinski definition) is 1. The summed E-state index contributed by atoms with van der Waals surface area (Å²) in [7, 11) is 0. The van der Waals surface area contributed by atoms with Crippen LogP contribution in [0.2, 0.25) is 0 Å². The third kappa shape index (κ3) is 2.63. The van der Waals surface area contributed by atoms with Gasteiger partial charge < -0.3 is 10.6 Å². The van der Waals surface area contributed by atoms with Crippen molar-refractivity contribution >= 4 is 33.0 Å². The molecule has 0 aliphatic heterocycles. The van der Waals surface area contributed by atoms with E-state index in [1.54, 1.807) is 4.90 Å².